The molecule has 0 aliphatic rings. The molecule has 0 radical (unpaired) electrons. The van der Waals surface area contributed by atoms with Crippen LogP contribution in [0.1, 0.15) is 0 Å². The van der Waals surface area contributed by atoms with E-state index in [1.54, 1.807) is 0 Å². The Kier molecular flexibility index (Phi) is 1.44. The Hall–Kier alpha value is -2.75. The van der Waals surface area contributed by atoms with Crippen LogP contribution in [0.2, 0.25) is 0 Å². The molecule has 19 heavy (non-hydrogen) atoms. The Morgan fingerprint density at radius 3 is 2.74 bits per heavy atom. The Labute approximate surface area is 107 Å². The summed E-state index contributed by atoms with van der Waals surface area (Å²) in [5.41, 5.74) is 5.32. The molecule has 0 aliphatic carbocycles. The van der Waals surface area contributed by atoms with Gasteiger partial charge in [0, 0.05) is 35.6 Å². The highest BCUT2D eigenvalue weighted by molar-refractivity contribution is 6.20. The predicted molar refractivity (Wildman–Crippen MR) is 74.5 cm³/mol. The molecule has 0 N–H and O–H groups in total. The molecule has 5 aromatic heterocycles. The Morgan fingerprint density at radius 2 is 1.74 bits per heavy atom. The molecule has 5 rings (SSSR count). The molecule has 4 nitrogen and oxygen atoms in total. The zero-order chi connectivity index (χ0) is 12.4. The fourth-order valence-corrected chi connectivity index (χ4v) is 2.99. The number of rotatable bonds is 0. The molecule has 0 atom stereocenters. The quantitative estimate of drug-likeness (QED) is 0.420. The molecule has 5 aromatic rings. The van der Waals surface area contributed by atoms with Gasteiger partial charge in [0.2, 0.25) is 0 Å². The number of fused-ring (bicyclic) bond motifs is 6. The highest BCUT2D eigenvalue weighted by atomic mass is 15.0. The smallest absolute Gasteiger partial charge is 0.115 e. The van der Waals surface area contributed by atoms with Crippen LogP contribution in [0, 0.1) is 0 Å². The highest BCUT2D eigenvalue weighted by Crippen LogP contribution is 2.35. The summed E-state index contributed by atoms with van der Waals surface area (Å²) in [7, 11) is 0. The van der Waals surface area contributed by atoms with Crippen LogP contribution < -0.4 is 0 Å². The first-order valence-corrected chi connectivity index (χ1v) is 6.14. The van der Waals surface area contributed by atoms with Crippen LogP contribution in [0.5, 0.6) is 0 Å². The lowest BCUT2D eigenvalue weighted by molar-refractivity contribution is 1.31. The molecular weight excluding hydrogens is 236 g/mol. The van der Waals surface area contributed by atoms with Gasteiger partial charge in [-0.15, -0.1) is 0 Å². The number of hydrogen-bond donors (Lipinski definition) is 0. The van der Waals surface area contributed by atoms with Gasteiger partial charge >= 0.3 is 0 Å². The third-order valence-electron chi connectivity index (χ3n) is 3.73. The summed E-state index contributed by atoms with van der Waals surface area (Å²) in [5.74, 6) is 0. The molecule has 0 bridgehead atoms. The highest BCUT2D eigenvalue weighted by Gasteiger charge is 2.17. The summed E-state index contributed by atoms with van der Waals surface area (Å²) in [6, 6.07) is 8.14. The van der Waals surface area contributed by atoms with E-state index in [1.165, 1.54) is 5.39 Å². The molecule has 0 saturated carbocycles. The molecule has 0 fully saturated rings. The Bertz CT molecular complexity index is 981. The zero-order valence-corrected chi connectivity index (χ0v) is 9.91. The zero-order valence-electron chi connectivity index (χ0n) is 9.91. The van der Waals surface area contributed by atoms with E-state index in [0.29, 0.717) is 0 Å². The van der Waals surface area contributed by atoms with Crippen molar-refractivity contribution in [2.75, 3.05) is 0 Å². The van der Waals surface area contributed by atoms with E-state index in [0.717, 1.165) is 33.0 Å². The van der Waals surface area contributed by atoms with Crippen molar-refractivity contribution < 1.29 is 0 Å². The normalized spacial score (nSPS) is 12.2. The van der Waals surface area contributed by atoms with Crippen molar-refractivity contribution in [3.8, 4) is 0 Å². The molecule has 0 amide bonds. The Morgan fingerprint density at radius 1 is 0.789 bits per heavy atom. The van der Waals surface area contributed by atoms with E-state index in [1.807, 2.05) is 43.0 Å². The van der Waals surface area contributed by atoms with Crippen LogP contribution in [-0.4, -0.2) is 19.4 Å². The van der Waals surface area contributed by atoms with Gasteiger partial charge in [-0.25, -0.2) is 0 Å². The maximum absolute atomic E-state index is 4.51. The first-order chi connectivity index (χ1) is 9.45. The summed E-state index contributed by atoms with van der Waals surface area (Å²) >= 11 is 0. The maximum atomic E-state index is 4.51. The number of hydrogen-bond acceptors (Lipinski definition) is 3. The lowest BCUT2D eigenvalue weighted by atomic mass is 10.2. The molecule has 88 valence electrons. The molecule has 0 saturated heterocycles. The lowest BCUT2D eigenvalue weighted by Crippen LogP contribution is -1.81. The van der Waals surface area contributed by atoms with Crippen LogP contribution >= 0.6 is 0 Å². The fourth-order valence-electron chi connectivity index (χ4n) is 2.99. The van der Waals surface area contributed by atoms with Crippen molar-refractivity contribution in [2.24, 2.45) is 0 Å². The van der Waals surface area contributed by atoms with E-state index in [9.17, 15) is 0 Å². The van der Waals surface area contributed by atoms with Gasteiger partial charge in [0.1, 0.15) is 11.0 Å². The molecule has 0 unspecified atom stereocenters. The van der Waals surface area contributed by atoms with Gasteiger partial charge in [-0.05, 0) is 24.3 Å². The number of nitrogens with zero attached hydrogens (tertiary/aromatic N) is 4. The molecule has 5 heterocycles. The van der Waals surface area contributed by atoms with Gasteiger partial charge < -0.3 is 4.40 Å². The van der Waals surface area contributed by atoms with Crippen LogP contribution in [0.25, 0.3) is 38.4 Å². The number of pyridine rings is 3. The van der Waals surface area contributed by atoms with Gasteiger partial charge in [0.25, 0.3) is 0 Å². The summed E-state index contributed by atoms with van der Waals surface area (Å²) in [6.07, 6.45) is 7.40. The second-order valence-corrected chi connectivity index (χ2v) is 4.66. The first-order valence-electron chi connectivity index (χ1n) is 6.14. The largest absolute Gasteiger partial charge is 0.305 e. The first kappa shape index (κ1) is 9.22. The van der Waals surface area contributed by atoms with E-state index in [4.69, 9.17) is 0 Å². The van der Waals surface area contributed by atoms with Crippen molar-refractivity contribution in [2.45, 2.75) is 0 Å². The fraction of sp³-hybridized carbons (Fsp3) is 0. The minimum atomic E-state index is 0.960. The van der Waals surface area contributed by atoms with Gasteiger partial charge in [0.05, 0.1) is 16.6 Å². The predicted octanol–water partition coefficient (Wildman–Crippen LogP) is 3.02. The second kappa shape index (κ2) is 2.98. The third-order valence-corrected chi connectivity index (χ3v) is 3.73. The molecular formula is C15H8N4. The van der Waals surface area contributed by atoms with Crippen LogP contribution in [0.3, 0.4) is 0 Å². The van der Waals surface area contributed by atoms with E-state index < -0.39 is 0 Å². The van der Waals surface area contributed by atoms with Crippen molar-refractivity contribution in [1.82, 2.24) is 19.4 Å². The van der Waals surface area contributed by atoms with Crippen LogP contribution in [0.15, 0.2) is 49.1 Å². The minimum Gasteiger partial charge on any atom is -0.305 e. The van der Waals surface area contributed by atoms with Crippen molar-refractivity contribution in [3.63, 3.8) is 0 Å². The minimum absolute atomic E-state index is 0.960. The lowest BCUT2D eigenvalue weighted by Gasteiger charge is -1.94. The van der Waals surface area contributed by atoms with Crippen molar-refractivity contribution in [1.29, 1.82) is 0 Å². The van der Waals surface area contributed by atoms with Gasteiger partial charge in [0.15, 0.2) is 0 Å². The van der Waals surface area contributed by atoms with Gasteiger partial charge in [-0.3, -0.25) is 15.0 Å². The summed E-state index contributed by atoms with van der Waals surface area (Å²) in [6.45, 7) is 0. The van der Waals surface area contributed by atoms with Crippen molar-refractivity contribution >= 4 is 38.4 Å². The summed E-state index contributed by atoms with van der Waals surface area (Å²) in [4.78, 5) is 13.2. The van der Waals surface area contributed by atoms with E-state index >= 15 is 0 Å². The summed E-state index contributed by atoms with van der Waals surface area (Å²) in [5, 5.41) is 2.35. The molecule has 0 aromatic carbocycles. The molecule has 4 heteroatoms. The van der Waals surface area contributed by atoms with E-state index in [2.05, 4.69) is 25.4 Å². The number of aromatic nitrogens is 4. The average Bonchev–Trinajstić information content (AvgIpc) is 2.99. The third kappa shape index (κ3) is 0.944. The molecule has 0 aliphatic heterocycles. The average molecular weight is 244 g/mol. The SMILES string of the molecule is c1cnc2c3nccc4c5cnccc5n(c2c1)c43. The van der Waals surface area contributed by atoms with Gasteiger partial charge in [-0.1, -0.05) is 0 Å². The monoisotopic (exact) mass is 244 g/mol. The van der Waals surface area contributed by atoms with Crippen LogP contribution in [-0.2, 0) is 0 Å². The molecule has 0 spiro atoms. The standard InChI is InChI=1S/C15H8N4/c1-2-12-13(17-5-1)14-15-9(3-7-18-14)10-8-16-6-4-11(10)19(12)15/h1-8H. The second-order valence-electron chi connectivity index (χ2n) is 4.66. The summed E-state index contributed by atoms with van der Waals surface area (Å²) < 4.78 is 2.23. The van der Waals surface area contributed by atoms with E-state index in [-0.39, 0.29) is 0 Å². The maximum Gasteiger partial charge on any atom is 0.115 e. The van der Waals surface area contributed by atoms with Gasteiger partial charge in [-0.2, -0.15) is 0 Å². The van der Waals surface area contributed by atoms with Crippen molar-refractivity contribution in [3.05, 3.63) is 49.1 Å². The Balaban J connectivity index is 2.32. The van der Waals surface area contributed by atoms with Crippen LogP contribution in [0.4, 0.5) is 0 Å². The topological polar surface area (TPSA) is 43.1 Å².